The molecule has 0 amide bonds. The molecule has 0 atom stereocenters. The van der Waals surface area contributed by atoms with Crippen molar-refractivity contribution in [3.8, 4) is 0 Å². The maximum absolute atomic E-state index is 12.0. The molecule has 0 spiro atoms. The first kappa shape index (κ1) is 16.5. The molecule has 112 valence electrons. The number of aliphatic hydroxyl groups excluding tert-OH is 1. The lowest BCUT2D eigenvalue weighted by atomic mass is 10.0. The van der Waals surface area contributed by atoms with Gasteiger partial charge < -0.3 is 15.2 Å². The summed E-state index contributed by atoms with van der Waals surface area (Å²) < 4.78 is 5.40. The van der Waals surface area contributed by atoms with Gasteiger partial charge in [0.05, 0.1) is 19.0 Å². The second kappa shape index (κ2) is 6.71. The molecule has 2 N–H and O–H groups in total. The lowest BCUT2D eigenvalue weighted by Crippen LogP contribution is -2.34. The van der Waals surface area contributed by atoms with Gasteiger partial charge in [0.15, 0.2) is 0 Å². The van der Waals surface area contributed by atoms with Gasteiger partial charge in [-0.3, -0.25) is 9.59 Å². The zero-order valence-corrected chi connectivity index (χ0v) is 12.4. The van der Waals surface area contributed by atoms with Crippen molar-refractivity contribution in [2.24, 2.45) is 0 Å². The molecule has 0 aliphatic rings. The smallest absolute Gasteiger partial charge is 0.327 e. The van der Waals surface area contributed by atoms with Gasteiger partial charge in [0.1, 0.15) is 11.6 Å². The fourth-order valence-electron chi connectivity index (χ4n) is 1.56. The van der Waals surface area contributed by atoms with Crippen molar-refractivity contribution in [3.63, 3.8) is 0 Å². The van der Waals surface area contributed by atoms with Crippen LogP contribution in [0.2, 0.25) is 5.02 Å². The van der Waals surface area contributed by atoms with Crippen LogP contribution >= 0.6 is 11.6 Å². The number of hydrogen-bond acceptors (Lipinski definition) is 6. The Morgan fingerprint density at radius 2 is 2.25 bits per heavy atom. The number of aliphatic hydroxyl groups is 1. The van der Waals surface area contributed by atoms with Gasteiger partial charge in [0, 0.05) is 12.1 Å². The summed E-state index contributed by atoms with van der Waals surface area (Å²) in [7, 11) is 1.22. The third-order valence-corrected chi connectivity index (χ3v) is 3.07. The standard InChI is InChI=1S/C12H18ClN3O4/c1-12(2,4-5-17)15-8-6-14-16(7-9(18)20-3)11(19)10(8)13/h6,15,17H,4-5,7H2,1-3H3. The molecule has 0 aliphatic carbocycles. The van der Waals surface area contributed by atoms with E-state index in [2.05, 4.69) is 15.2 Å². The van der Waals surface area contributed by atoms with Crippen molar-refractivity contribution < 1.29 is 14.6 Å². The Labute approximate surface area is 121 Å². The van der Waals surface area contributed by atoms with E-state index in [-0.39, 0.29) is 18.2 Å². The summed E-state index contributed by atoms with van der Waals surface area (Å²) in [5, 5.41) is 15.8. The molecule has 1 aromatic rings. The monoisotopic (exact) mass is 303 g/mol. The van der Waals surface area contributed by atoms with E-state index in [0.717, 1.165) is 4.68 Å². The summed E-state index contributed by atoms with van der Waals surface area (Å²) in [6.07, 6.45) is 1.85. The molecule has 0 aromatic carbocycles. The Morgan fingerprint density at radius 1 is 1.60 bits per heavy atom. The molecule has 0 radical (unpaired) electrons. The first-order valence-electron chi connectivity index (χ1n) is 6.02. The first-order chi connectivity index (χ1) is 9.30. The molecule has 0 unspecified atom stereocenters. The van der Waals surface area contributed by atoms with Crippen LogP contribution < -0.4 is 10.9 Å². The summed E-state index contributed by atoms with van der Waals surface area (Å²) in [6.45, 7) is 3.43. The molecule has 1 rings (SSSR count). The van der Waals surface area contributed by atoms with E-state index in [4.69, 9.17) is 16.7 Å². The number of hydrogen-bond donors (Lipinski definition) is 2. The van der Waals surface area contributed by atoms with Gasteiger partial charge in [-0.25, -0.2) is 4.68 Å². The van der Waals surface area contributed by atoms with E-state index in [9.17, 15) is 9.59 Å². The molecule has 1 aromatic heterocycles. The molecule has 0 aliphatic heterocycles. The van der Waals surface area contributed by atoms with Gasteiger partial charge in [-0.05, 0) is 20.3 Å². The normalized spacial score (nSPS) is 11.2. The van der Waals surface area contributed by atoms with Gasteiger partial charge in [-0.15, -0.1) is 0 Å². The highest BCUT2D eigenvalue weighted by Gasteiger charge is 2.20. The molecule has 0 bridgehead atoms. The molecule has 7 nitrogen and oxygen atoms in total. The van der Waals surface area contributed by atoms with Crippen LogP contribution in [0.15, 0.2) is 11.0 Å². The molecule has 1 heterocycles. The number of nitrogens with one attached hydrogen (secondary N) is 1. The predicted octanol–water partition coefficient (Wildman–Crippen LogP) is 0.643. The molecule has 0 fully saturated rings. The maximum atomic E-state index is 12.0. The van der Waals surface area contributed by atoms with E-state index >= 15 is 0 Å². The van der Waals surface area contributed by atoms with Crippen LogP contribution in [0, 0.1) is 0 Å². The quantitative estimate of drug-likeness (QED) is 0.749. The van der Waals surface area contributed by atoms with Gasteiger partial charge in [0.2, 0.25) is 0 Å². The highest BCUT2D eigenvalue weighted by molar-refractivity contribution is 6.32. The van der Waals surface area contributed by atoms with E-state index in [0.29, 0.717) is 12.1 Å². The van der Waals surface area contributed by atoms with E-state index in [1.165, 1.54) is 13.3 Å². The SMILES string of the molecule is COC(=O)Cn1ncc(NC(C)(C)CCO)c(Cl)c1=O. The van der Waals surface area contributed by atoms with Crippen LogP contribution in [-0.4, -0.2) is 40.1 Å². The fraction of sp³-hybridized carbons (Fsp3) is 0.583. The average molecular weight is 304 g/mol. The third kappa shape index (κ3) is 4.21. The number of halogens is 1. The van der Waals surface area contributed by atoms with Crippen LogP contribution in [0.5, 0.6) is 0 Å². The highest BCUT2D eigenvalue weighted by Crippen LogP contribution is 2.22. The highest BCUT2D eigenvalue weighted by atomic mass is 35.5. The van der Waals surface area contributed by atoms with Crippen LogP contribution in [0.25, 0.3) is 0 Å². The number of anilines is 1. The third-order valence-electron chi connectivity index (χ3n) is 2.70. The summed E-state index contributed by atoms with van der Waals surface area (Å²) in [5.74, 6) is -0.586. The summed E-state index contributed by atoms with van der Waals surface area (Å²) >= 11 is 5.98. The second-order valence-electron chi connectivity index (χ2n) is 4.89. The topological polar surface area (TPSA) is 93.5 Å². The van der Waals surface area contributed by atoms with Gasteiger partial charge in [0.25, 0.3) is 5.56 Å². The molecular weight excluding hydrogens is 286 g/mol. The number of rotatable bonds is 6. The van der Waals surface area contributed by atoms with Crippen molar-refractivity contribution in [2.45, 2.75) is 32.4 Å². The van der Waals surface area contributed by atoms with Gasteiger partial charge in [-0.1, -0.05) is 11.6 Å². The predicted molar refractivity (Wildman–Crippen MR) is 74.9 cm³/mol. The van der Waals surface area contributed by atoms with Crippen molar-refractivity contribution in [2.75, 3.05) is 19.0 Å². The minimum Gasteiger partial charge on any atom is -0.468 e. The average Bonchev–Trinajstić information content (AvgIpc) is 2.38. The zero-order chi connectivity index (χ0) is 15.3. The number of ether oxygens (including phenoxy) is 1. The number of carbonyl (C=O) groups excluding carboxylic acids is 1. The second-order valence-corrected chi connectivity index (χ2v) is 5.27. The molecule has 0 saturated heterocycles. The van der Waals surface area contributed by atoms with Crippen LogP contribution in [0.4, 0.5) is 5.69 Å². The maximum Gasteiger partial charge on any atom is 0.327 e. The van der Waals surface area contributed by atoms with Crippen LogP contribution in [-0.2, 0) is 16.1 Å². The molecular formula is C12H18ClN3O4. The Bertz CT molecular complexity index is 542. The lowest BCUT2D eigenvalue weighted by molar-refractivity contribution is -0.141. The van der Waals surface area contributed by atoms with Crippen molar-refractivity contribution in [1.82, 2.24) is 9.78 Å². The Balaban J connectivity index is 3.00. The molecule has 8 heteroatoms. The van der Waals surface area contributed by atoms with E-state index in [1.54, 1.807) is 0 Å². The van der Waals surface area contributed by atoms with Gasteiger partial charge in [-0.2, -0.15) is 5.10 Å². The number of carbonyl (C=O) groups is 1. The van der Waals surface area contributed by atoms with E-state index in [1.807, 2.05) is 13.8 Å². The first-order valence-corrected chi connectivity index (χ1v) is 6.40. The van der Waals surface area contributed by atoms with Crippen molar-refractivity contribution in [3.05, 3.63) is 21.6 Å². The largest absolute Gasteiger partial charge is 0.468 e. The lowest BCUT2D eigenvalue weighted by Gasteiger charge is -2.27. The number of aromatic nitrogens is 2. The van der Waals surface area contributed by atoms with Gasteiger partial charge >= 0.3 is 5.97 Å². The number of methoxy groups -OCH3 is 1. The fourth-order valence-corrected chi connectivity index (χ4v) is 1.75. The van der Waals surface area contributed by atoms with Crippen molar-refractivity contribution >= 4 is 23.3 Å². The summed E-state index contributed by atoms with van der Waals surface area (Å²) in [5.41, 5.74) is -0.667. The zero-order valence-electron chi connectivity index (χ0n) is 11.6. The van der Waals surface area contributed by atoms with Crippen molar-refractivity contribution in [1.29, 1.82) is 0 Å². The minimum atomic E-state index is -0.586. The summed E-state index contributed by atoms with van der Waals surface area (Å²) in [4.78, 5) is 23.1. The van der Waals surface area contributed by atoms with Crippen LogP contribution in [0.3, 0.4) is 0 Å². The minimum absolute atomic E-state index is 0.00442. The Morgan fingerprint density at radius 3 is 2.80 bits per heavy atom. The molecule has 0 saturated carbocycles. The number of esters is 1. The van der Waals surface area contributed by atoms with E-state index < -0.39 is 17.1 Å². The Kier molecular flexibility index (Phi) is 5.52. The number of nitrogens with zero attached hydrogens (tertiary/aromatic N) is 2. The van der Waals surface area contributed by atoms with Crippen LogP contribution in [0.1, 0.15) is 20.3 Å². The Hall–Kier alpha value is -1.60. The molecule has 20 heavy (non-hydrogen) atoms. The summed E-state index contributed by atoms with van der Waals surface area (Å²) in [6, 6.07) is 0.